The first-order valence-corrected chi connectivity index (χ1v) is 6.13. The Balaban J connectivity index is 1.72. The molecule has 0 fully saturated rings. The van der Waals surface area contributed by atoms with Gasteiger partial charge >= 0.3 is 0 Å². The van der Waals surface area contributed by atoms with Crippen molar-refractivity contribution in [2.24, 2.45) is 0 Å². The average Bonchev–Trinajstić information content (AvgIpc) is 2.83. The first kappa shape index (κ1) is 13.4. The maximum Gasteiger partial charge on any atom is 0.290 e. The van der Waals surface area contributed by atoms with Gasteiger partial charge in [0, 0.05) is 11.1 Å². The molecule has 0 atom stereocenters. The zero-order chi connectivity index (χ0) is 13.7. The molecule has 0 spiro atoms. The van der Waals surface area contributed by atoms with Crippen molar-refractivity contribution in [3.8, 4) is 5.75 Å². The van der Waals surface area contributed by atoms with Crippen LogP contribution in [-0.2, 0) is 0 Å². The van der Waals surface area contributed by atoms with Crippen LogP contribution in [0, 0.1) is 6.92 Å². The summed E-state index contributed by atoms with van der Waals surface area (Å²) < 4.78 is 10.3. The van der Waals surface area contributed by atoms with Crippen LogP contribution in [-0.4, -0.2) is 24.2 Å². The quantitative estimate of drug-likeness (QED) is 0.855. The van der Waals surface area contributed by atoms with E-state index in [-0.39, 0.29) is 11.7 Å². The van der Waals surface area contributed by atoms with Gasteiger partial charge in [0.1, 0.15) is 12.4 Å². The highest BCUT2D eigenvalue weighted by Gasteiger charge is 2.10. The number of carbonyl (C=O) groups excluding carboxylic acids is 1. The van der Waals surface area contributed by atoms with Crippen LogP contribution in [0.15, 0.2) is 34.9 Å². The summed E-state index contributed by atoms with van der Waals surface area (Å²) in [5.41, 5.74) is 0.669. The van der Waals surface area contributed by atoms with Crippen molar-refractivity contribution in [3.63, 3.8) is 0 Å². The number of hydrogen-bond acceptors (Lipinski definition) is 4. The third-order valence-electron chi connectivity index (χ3n) is 2.32. The van der Waals surface area contributed by atoms with Gasteiger partial charge in [-0.3, -0.25) is 4.79 Å². The van der Waals surface area contributed by atoms with Gasteiger partial charge in [0.25, 0.3) is 5.91 Å². The molecule has 100 valence electrons. The third-order valence-corrected chi connectivity index (χ3v) is 2.57. The summed E-state index contributed by atoms with van der Waals surface area (Å²) in [6, 6.07) is 8.60. The molecule has 0 unspecified atom stereocenters. The van der Waals surface area contributed by atoms with Crippen LogP contribution in [0.5, 0.6) is 5.75 Å². The zero-order valence-electron chi connectivity index (χ0n) is 10.4. The van der Waals surface area contributed by atoms with E-state index in [0.717, 1.165) is 0 Å². The van der Waals surface area contributed by atoms with Gasteiger partial charge in [0.05, 0.1) is 12.2 Å². The van der Waals surface area contributed by atoms with Crippen LogP contribution in [0.2, 0.25) is 5.02 Å². The minimum atomic E-state index is -0.305. The number of benzene rings is 1. The lowest BCUT2D eigenvalue weighted by molar-refractivity contribution is 0.0910. The first-order valence-electron chi connectivity index (χ1n) is 5.75. The second-order valence-electron chi connectivity index (χ2n) is 3.89. The zero-order valence-corrected chi connectivity index (χ0v) is 11.1. The number of aryl methyl sites for hydroxylation is 1. The van der Waals surface area contributed by atoms with Crippen LogP contribution in [0.25, 0.3) is 0 Å². The number of rotatable bonds is 5. The van der Waals surface area contributed by atoms with Crippen LogP contribution < -0.4 is 10.1 Å². The molecule has 5 nitrogen and oxygen atoms in total. The second-order valence-corrected chi connectivity index (χ2v) is 4.33. The number of ether oxygens (including phenoxy) is 1. The molecule has 2 aromatic rings. The molecule has 2 rings (SSSR count). The third kappa shape index (κ3) is 3.99. The number of nitrogens with zero attached hydrogens (tertiary/aromatic N) is 1. The van der Waals surface area contributed by atoms with Crippen molar-refractivity contribution in [1.29, 1.82) is 0 Å². The van der Waals surface area contributed by atoms with E-state index in [2.05, 4.69) is 10.5 Å². The molecule has 1 heterocycles. The Morgan fingerprint density at radius 2 is 2.16 bits per heavy atom. The number of carbonyl (C=O) groups is 1. The van der Waals surface area contributed by atoms with Gasteiger partial charge in [-0.1, -0.05) is 16.8 Å². The second kappa shape index (κ2) is 6.24. The van der Waals surface area contributed by atoms with Crippen LogP contribution in [0.1, 0.15) is 16.2 Å². The van der Waals surface area contributed by atoms with E-state index in [1.807, 2.05) is 0 Å². The van der Waals surface area contributed by atoms with Crippen LogP contribution in [0.3, 0.4) is 0 Å². The molecular weight excluding hydrogens is 268 g/mol. The summed E-state index contributed by atoms with van der Waals surface area (Å²) in [6.45, 7) is 2.49. The van der Waals surface area contributed by atoms with Crippen molar-refractivity contribution >= 4 is 17.5 Å². The van der Waals surface area contributed by atoms with Crippen molar-refractivity contribution in [3.05, 3.63) is 46.8 Å². The topological polar surface area (TPSA) is 64.4 Å². The van der Waals surface area contributed by atoms with E-state index in [9.17, 15) is 4.79 Å². The smallest absolute Gasteiger partial charge is 0.290 e. The van der Waals surface area contributed by atoms with Crippen LogP contribution >= 0.6 is 11.6 Å². The van der Waals surface area contributed by atoms with Gasteiger partial charge < -0.3 is 14.6 Å². The van der Waals surface area contributed by atoms with E-state index in [0.29, 0.717) is 29.6 Å². The molecule has 1 N–H and O–H groups in total. The Kier molecular flexibility index (Phi) is 4.41. The fourth-order valence-electron chi connectivity index (χ4n) is 1.42. The molecule has 0 radical (unpaired) electrons. The molecule has 0 saturated carbocycles. The number of hydrogen-bond donors (Lipinski definition) is 1. The lowest BCUT2D eigenvalue weighted by Crippen LogP contribution is -2.27. The monoisotopic (exact) mass is 280 g/mol. The summed E-state index contributed by atoms with van der Waals surface area (Å²) in [5.74, 6) is 0.596. The fourth-order valence-corrected chi connectivity index (χ4v) is 1.55. The molecule has 0 bridgehead atoms. The molecule has 6 heteroatoms. The summed E-state index contributed by atoms with van der Waals surface area (Å²) >= 11 is 5.76. The summed E-state index contributed by atoms with van der Waals surface area (Å²) in [5, 5.41) is 6.97. The fraction of sp³-hybridized carbons (Fsp3) is 0.231. The Bertz CT molecular complexity index is 551. The van der Waals surface area contributed by atoms with Crippen molar-refractivity contribution in [2.75, 3.05) is 13.2 Å². The molecular formula is C13H13ClN2O3. The Morgan fingerprint density at radius 3 is 2.79 bits per heavy atom. The SMILES string of the molecule is Cc1cc(C(=O)NCCOc2ccc(Cl)cc2)on1. The molecule has 0 aliphatic rings. The van der Waals surface area contributed by atoms with E-state index < -0.39 is 0 Å². The number of amides is 1. The number of nitrogens with one attached hydrogen (secondary N) is 1. The van der Waals surface area contributed by atoms with E-state index >= 15 is 0 Å². The minimum absolute atomic E-state index is 0.198. The number of halogens is 1. The molecule has 0 aliphatic carbocycles. The lowest BCUT2D eigenvalue weighted by Gasteiger charge is -2.06. The highest BCUT2D eigenvalue weighted by molar-refractivity contribution is 6.30. The highest BCUT2D eigenvalue weighted by Crippen LogP contribution is 2.15. The predicted molar refractivity (Wildman–Crippen MR) is 70.5 cm³/mol. The summed E-state index contributed by atoms with van der Waals surface area (Å²) in [6.07, 6.45) is 0. The first-order chi connectivity index (χ1) is 9.15. The van der Waals surface area contributed by atoms with Crippen molar-refractivity contribution < 1.29 is 14.1 Å². The Hall–Kier alpha value is -2.01. The molecule has 0 saturated heterocycles. The van der Waals surface area contributed by atoms with Crippen molar-refractivity contribution in [2.45, 2.75) is 6.92 Å². The molecule has 19 heavy (non-hydrogen) atoms. The van der Waals surface area contributed by atoms with Gasteiger partial charge in [0.15, 0.2) is 0 Å². The maximum atomic E-state index is 11.6. The van der Waals surface area contributed by atoms with Gasteiger partial charge in [0.2, 0.25) is 5.76 Å². The van der Waals surface area contributed by atoms with Gasteiger partial charge in [-0.05, 0) is 31.2 Å². The number of aromatic nitrogens is 1. The molecule has 1 amide bonds. The van der Waals surface area contributed by atoms with Crippen molar-refractivity contribution in [1.82, 2.24) is 10.5 Å². The Morgan fingerprint density at radius 1 is 1.42 bits per heavy atom. The maximum absolute atomic E-state index is 11.6. The minimum Gasteiger partial charge on any atom is -0.492 e. The normalized spacial score (nSPS) is 10.2. The molecule has 0 aliphatic heterocycles. The van der Waals surface area contributed by atoms with Crippen LogP contribution in [0.4, 0.5) is 0 Å². The lowest BCUT2D eigenvalue weighted by atomic mass is 10.3. The summed E-state index contributed by atoms with van der Waals surface area (Å²) in [7, 11) is 0. The Labute approximate surface area is 115 Å². The molecule has 1 aromatic heterocycles. The van der Waals surface area contributed by atoms with Gasteiger partial charge in [-0.2, -0.15) is 0 Å². The molecule has 1 aromatic carbocycles. The summed E-state index contributed by atoms with van der Waals surface area (Å²) in [4.78, 5) is 11.6. The predicted octanol–water partition coefficient (Wildman–Crippen LogP) is 2.45. The van der Waals surface area contributed by atoms with Gasteiger partial charge in [-0.25, -0.2) is 0 Å². The standard InChI is InChI=1S/C13H13ClN2O3/c1-9-8-12(19-16-9)13(17)15-6-7-18-11-4-2-10(14)3-5-11/h2-5,8H,6-7H2,1H3,(H,15,17). The highest BCUT2D eigenvalue weighted by atomic mass is 35.5. The van der Waals surface area contributed by atoms with E-state index in [4.69, 9.17) is 20.9 Å². The largest absolute Gasteiger partial charge is 0.492 e. The van der Waals surface area contributed by atoms with E-state index in [1.165, 1.54) is 0 Å². The average molecular weight is 281 g/mol. The van der Waals surface area contributed by atoms with E-state index in [1.54, 1.807) is 37.3 Å². The van der Waals surface area contributed by atoms with Gasteiger partial charge in [-0.15, -0.1) is 0 Å².